The van der Waals surface area contributed by atoms with E-state index in [1.54, 1.807) is 0 Å². The quantitative estimate of drug-likeness (QED) is 0.695. The third kappa shape index (κ3) is 4.93. The minimum atomic E-state index is 0.316. The number of halogens is 2. The molecule has 0 amide bonds. The molecule has 1 atom stereocenters. The van der Waals surface area contributed by atoms with Crippen LogP contribution in [-0.2, 0) is 0 Å². The average Bonchev–Trinajstić information content (AvgIpc) is 2.46. The number of rotatable bonds is 6. The van der Waals surface area contributed by atoms with Crippen molar-refractivity contribution in [2.75, 3.05) is 13.2 Å². The molecular weight excluding hydrogens is 382 g/mol. The van der Waals surface area contributed by atoms with Gasteiger partial charge in [0.2, 0.25) is 0 Å². The maximum absolute atomic E-state index is 5.68. The molecule has 0 unspecified atom stereocenters. The van der Waals surface area contributed by atoms with E-state index >= 15 is 0 Å². The van der Waals surface area contributed by atoms with Crippen LogP contribution in [-0.4, -0.2) is 13.2 Å². The predicted molar refractivity (Wildman–Crippen MR) is 90.2 cm³/mol. The molecule has 1 N–H and O–H groups in total. The van der Waals surface area contributed by atoms with Crippen molar-refractivity contribution in [3.63, 3.8) is 0 Å². The molecule has 0 aliphatic carbocycles. The molecule has 0 aliphatic heterocycles. The number of hydrogen-bond donors (Lipinski definition) is 1. The average molecular weight is 399 g/mol. The Balaban J connectivity index is 1.72. The van der Waals surface area contributed by atoms with E-state index in [0.29, 0.717) is 12.6 Å². The predicted octanol–water partition coefficient (Wildman–Crippen LogP) is 4.94. The van der Waals surface area contributed by atoms with Crippen LogP contribution in [0.1, 0.15) is 18.5 Å². The summed E-state index contributed by atoms with van der Waals surface area (Å²) in [5, 5.41) is 3.45. The van der Waals surface area contributed by atoms with Crippen molar-refractivity contribution in [2.45, 2.75) is 13.0 Å². The third-order valence-corrected chi connectivity index (χ3v) is 4.06. The Bertz CT molecular complexity index is 525. The zero-order valence-corrected chi connectivity index (χ0v) is 14.4. The van der Waals surface area contributed by atoms with E-state index in [9.17, 15) is 0 Å². The van der Waals surface area contributed by atoms with E-state index in [4.69, 9.17) is 4.74 Å². The van der Waals surface area contributed by atoms with Gasteiger partial charge >= 0.3 is 0 Å². The van der Waals surface area contributed by atoms with Crippen LogP contribution in [0.25, 0.3) is 0 Å². The van der Waals surface area contributed by atoms with Gasteiger partial charge in [0.05, 0.1) is 0 Å². The summed E-state index contributed by atoms with van der Waals surface area (Å²) in [6.07, 6.45) is 0. The first-order valence-electron chi connectivity index (χ1n) is 6.52. The molecule has 0 heterocycles. The molecule has 0 radical (unpaired) electrons. The van der Waals surface area contributed by atoms with E-state index in [0.717, 1.165) is 21.2 Å². The summed E-state index contributed by atoms with van der Waals surface area (Å²) in [5.74, 6) is 0.895. The van der Waals surface area contributed by atoms with Gasteiger partial charge in [-0.15, -0.1) is 0 Å². The summed E-state index contributed by atoms with van der Waals surface area (Å²) < 4.78 is 7.84. The first-order valence-corrected chi connectivity index (χ1v) is 8.11. The smallest absolute Gasteiger partial charge is 0.119 e. The van der Waals surface area contributed by atoms with Crippen LogP contribution >= 0.6 is 31.9 Å². The lowest BCUT2D eigenvalue weighted by Crippen LogP contribution is -2.24. The van der Waals surface area contributed by atoms with Crippen LogP contribution in [0.5, 0.6) is 5.75 Å². The van der Waals surface area contributed by atoms with Gasteiger partial charge in [-0.2, -0.15) is 0 Å². The Morgan fingerprint density at radius 1 is 0.950 bits per heavy atom. The van der Waals surface area contributed by atoms with Crippen molar-refractivity contribution in [1.29, 1.82) is 0 Å². The Morgan fingerprint density at radius 2 is 1.50 bits per heavy atom. The van der Waals surface area contributed by atoms with Gasteiger partial charge in [0.15, 0.2) is 0 Å². The van der Waals surface area contributed by atoms with Crippen LogP contribution in [0.2, 0.25) is 0 Å². The summed E-state index contributed by atoms with van der Waals surface area (Å²) in [6, 6.07) is 16.6. The largest absolute Gasteiger partial charge is 0.492 e. The van der Waals surface area contributed by atoms with Crippen molar-refractivity contribution in [3.8, 4) is 5.75 Å². The molecular formula is C16H17Br2NO. The molecule has 2 aromatic rings. The zero-order valence-electron chi connectivity index (χ0n) is 11.3. The molecule has 0 fully saturated rings. The van der Waals surface area contributed by atoms with Gasteiger partial charge in [-0.3, -0.25) is 0 Å². The molecule has 2 aromatic carbocycles. The summed E-state index contributed by atoms with van der Waals surface area (Å²) in [5.41, 5.74) is 1.27. The fraction of sp³-hybridized carbons (Fsp3) is 0.250. The second-order valence-corrected chi connectivity index (χ2v) is 6.36. The molecule has 0 saturated carbocycles. The number of hydrogen-bond acceptors (Lipinski definition) is 2. The lowest BCUT2D eigenvalue weighted by Gasteiger charge is -2.14. The maximum atomic E-state index is 5.68. The van der Waals surface area contributed by atoms with Gasteiger partial charge in [0.1, 0.15) is 12.4 Å². The number of benzene rings is 2. The standard InChI is InChI=1S/C16H17Br2NO/c1-12(13-2-4-14(17)5-3-13)19-10-11-20-16-8-6-15(18)7-9-16/h2-9,12,19H,10-11H2,1H3/t12-/m1/s1. The molecule has 106 valence electrons. The highest BCUT2D eigenvalue weighted by Crippen LogP contribution is 2.17. The van der Waals surface area contributed by atoms with Gasteiger partial charge in [0, 0.05) is 21.5 Å². The zero-order chi connectivity index (χ0) is 14.4. The molecule has 2 nitrogen and oxygen atoms in total. The maximum Gasteiger partial charge on any atom is 0.119 e. The SMILES string of the molecule is C[C@@H](NCCOc1ccc(Br)cc1)c1ccc(Br)cc1. The van der Waals surface area contributed by atoms with Gasteiger partial charge in [-0.1, -0.05) is 44.0 Å². The first kappa shape index (κ1) is 15.5. The molecule has 0 bridgehead atoms. The Hall–Kier alpha value is -0.840. The Kier molecular flexibility index (Phi) is 6.07. The monoisotopic (exact) mass is 397 g/mol. The molecule has 0 spiro atoms. The first-order chi connectivity index (χ1) is 9.65. The van der Waals surface area contributed by atoms with E-state index < -0.39 is 0 Å². The highest BCUT2D eigenvalue weighted by atomic mass is 79.9. The van der Waals surface area contributed by atoms with Gasteiger partial charge < -0.3 is 10.1 Å². The van der Waals surface area contributed by atoms with Crippen molar-refractivity contribution >= 4 is 31.9 Å². The van der Waals surface area contributed by atoms with Crippen LogP contribution < -0.4 is 10.1 Å². The van der Waals surface area contributed by atoms with E-state index in [1.165, 1.54) is 5.56 Å². The normalized spacial score (nSPS) is 12.2. The van der Waals surface area contributed by atoms with E-state index in [1.807, 2.05) is 24.3 Å². The lowest BCUT2D eigenvalue weighted by atomic mass is 10.1. The van der Waals surface area contributed by atoms with Gasteiger partial charge in [-0.25, -0.2) is 0 Å². The van der Waals surface area contributed by atoms with E-state index in [-0.39, 0.29) is 0 Å². The van der Waals surface area contributed by atoms with Crippen LogP contribution in [0.15, 0.2) is 57.5 Å². The third-order valence-electron chi connectivity index (χ3n) is 3.00. The van der Waals surface area contributed by atoms with Crippen LogP contribution in [0, 0.1) is 0 Å². The lowest BCUT2D eigenvalue weighted by molar-refractivity contribution is 0.307. The van der Waals surface area contributed by atoms with Crippen molar-refractivity contribution in [1.82, 2.24) is 5.32 Å². The summed E-state index contributed by atoms with van der Waals surface area (Å²) in [7, 11) is 0. The summed E-state index contributed by atoms with van der Waals surface area (Å²) in [4.78, 5) is 0. The second kappa shape index (κ2) is 7.81. The van der Waals surface area contributed by atoms with E-state index in [2.05, 4.69) is 68.4 Å². The molecule has 2 rings (SSSR count). The fourth-order valence-electron chi connectivity index (χ4n) is 1.84. The fourth-order valence-corrected chi connectivity index (χ4v) is 2.37. The van der Waals surface area contributed by atoms with Crippen molar-refractivity contribution in [3.05, 3.63) is 63.0 Å². The van der Waals surface area contributed by atoms with Crippen molar-refractivity contribution in [2.24, 2.45) is 0 Å². The minimum absolute atomic E-state index is 0.316. The highest BCUT2D eigenvalue weighted by Gasteiger charge is 2.04. The molecule has 0 saturated heterocycles. The van der Waals surface area contributed by atoms with Gasteiger partial charge in [-0.05, 0) is 48.9 Å². The minimum Gasteiger partial charge on any atom is -0.492 e. The molecule has 20 heavy (non-hydrogen) atoms. The van der Waals surface area contributed by atoms with Crippen LogP contribution in [0.3, 0.4) is 0 Å². The number of ether oxygens (including phenoxy) is 1. The molecule has 0 aliphatic rings. The van der Waals surface area contributed by atoms with Crippen molar-refractivity contribution < 1.29 is 4.74 Å². The summed E-state index contributed by atoms with van der Waals surface area (Å²) >= 11 is 6.85. The molecule has 4 heteroatoms. The number of nitrogens with one attached hydrogen (secondary N) is 1. The summed E-state index contributed by atoms with van der Waals surface area (Å²) in [6.45, 7) is 3.62. The highest BCUT2D eigenvalue weighted by molar-refractivity contribution is 9.10. The topological polar surface area (TPSA) is 21.3 Å². The molecule has 0 aromatic heterocycles. The Labute approximate surface area is 136 Å². The van der Waals surface area contributed by atoms with Gasteiger partial charge in [0.25, 0.3) is 0 Å². The van der Waals surface area contributed by atoms with Crippen LogP contribution in [0.4, 0.5) is 0 Å². The Morgan fingerprint density at radius 3 is 2.10 bits per heavy atom. The second-order valence-electron chi connectivity index (χ2n) is 4.53.